The fourth-order valence-electron chi connectivity index (χ4n) is 2.21. The zero-order valence-corrected chi connectivity index (χ0v) is 15.2. The predicted octanol–water partition coefficient (Wildman–Crippen LogP) is 1.69. The average molecular weight is 357 g/mol. The van der Waals surface area contributed by atoms with Gasteiger partial charge in [-0.25, -0.2) is 14.8 Å². The summed E-state index contributed by atoms with van der Waals surface area (Å²) in [6.07, 6.45) is 3.75. The number of aromatic nitrogens is 2. The lowest BCUT2D eigenvalue weighted by Crippen LogP contribution is -2.27. The Morgan fingerprint density at radius 2 is 1.85 bits per heavy atom. The van der Waals surface area contributed by atoms with Crippen LogP contribution in [0.3, 0.4) is 0 Å². The van der Waals surface area contributed by atoms with Gasteiger partial charge in [0.2, 0.25) is 5.95 Å². The highest BCUT2D eigenvalue weighted by atomic mass is 16.5. The minimum Gasteiger partial charge on any atom is -0.465 e. The second-order valence-corrected chi connectivity index (χ2v) is 5.87. The Bertz CT molecular complexity index is 747. The molecule has 1 amide bonds. The van der Waals surface area contributed by atoms with Crippen molar-refractivity contribution in [3.8, 4) is 0 Å². The minimum atomic E-state index is -0.457. The van der Waals surface area contributed by atoms with E-state index in [2.05, 4.69) is 25.5 Å². The summed E-state index contributed by atoms with van der Waals surface area (Å²) < 4.78 is 4.75. The Balaban J connectivity index is 1.98. The first-order valence-electron chi connectivity index (χ1n) is 8.20. The third-order valence-corrected chi connectivity index (χ3v) is 3.56. The Labute approximate surface area is 152 Å². The number of ether oxygens (including phenoxy) is 1. The molecule has 0 unspecified atom stereocenters. The third kappa shape index (κ3) is 5.52. The first kappa shape index (κ1) is 19.3. The molecule has 2 rings (SSSR count). The van der Waals surface area contributed by atoms with E-state index in [0.717, 1.165) is 13.0 Å². The minimum absolute atomic E-state index is 0.217. The number of nitrogens with one attached hydrogen (secondary N) is 2. The van der Waals surface area contributed by atoms with Gasteiger partial charge >= 0.3 is 5.97 Å². The average Bonchev–Trinajstić information content (AvgIpc) is 2.65. The van der Waals surface area contributed by atoms with Crippen LogP contribution in [0.4, 0.5) is 11.6 Å². The molecule has 138 valence electrons. The highest BCUT2D eigenvalue weighted by Gasteiger charge is 2.12. The molecule has 0 spiro atoms. The molecule has 0 saturated heterocycles. The highest BCUT2D eigenvalue weighted by Crippen LogP contribution is 2.19. The monoisotopic (exact) mass is 357 g/mol. The number of benzene rings is 1. The molecule has 2 aromatic rings. The van der Waals surface area contributed by atoms with Gasteiger partial charge < -0.3 is 20.3 Å². The van der Waals surface area contributed by atoms with E-state index in [9.17, 15) is 9.59 Å². The van der Waals surface area contributed by atoms with Crippen molar-refractivity contribution in [1.82, 2.24) is 20.2 Å². The summed E-state index contributed by atoms with van der Waals surface area (Å²) in [5.74, 6) is -0.391. The molecule has 0 aliphatic rings. The number of rotatable bonds is 8. The third-order valence-electron chi connectivity index (χ3n) is 3.56. The van der Waals surface area contributed by atoms with E-state index in [1.54, 1.807) is 24.3 Å². The molecule has 0 aliphatic heterocycles. The van der Waals surface area contributed by atoms with Crippen LogP contribution in [0.25, 0.3) is 0 Å². The van der Waals surface area contributed by atoms with Crippen molar-refractivity contribution in [3.05, 3.63) is 47.8 Å². The van der Waals surface area contributed by atoms with Crippen molar-refractivity contribution in [3.63, 3.8) is 0 Å². The SMILES string of the molecule is COC(=O)c1ccccc1Nc1ncc(C(=O)NCCCN(C)C)cn1. The molecule has 8 heteroatoms. The van der Waals surface area contributed by atoms with Gasteiger partial charge in [-0.3, -0.25) is 4.79 Å². The van der Waals surface area contributed by atoms with Gasteiger partial charge in [0.1, 0.15) is 0 Å². The van der Waals surface area contributed by atoms with Crippen molar-refractivity contribution >= 4 is 23.5 Å². The van der Waals surface area contributed by atoms with Crippen LogP contribution in [-0.4, -0.2) is 61.0 Å². The van der Waals surface area contributed by atoms with Crippen molar-refractivity contribution in [2.45, 2.75) is 6.42 Å². The molecule has 1 aromatic carbocycles. The number of nitrogens with zero attached hydrogens (tertiary/aromatic N) is 3. The van der Waals surface area contributed by atoms with Crippen LogP contribution in [0.2, 0.25) is 0 Å². The van der Waals surface area contributed by atoms with Gasteiger partial charge in [-0.1, -0.05) is 12.1 Å². The van der Waals surface area contributed by atoms with Crippen molar-refractivity contribution < 1.29 is 14.3 Å². The number of anilines is 2. The van der Waals surface area contributed by atoms with E-state index in [4.69, 9.17) is 4.74 Å². The van der Waals surface area contributed by atoms with Crippen LogP contribution in [0.5, 0.6) is 0 Å². The molecule has 0 saturated carbocycles. The second kappa shape index (κ2) is 9.47. The van der Waals surface area contributed by atoms with Crippen molar-refractivity contribution in [2.75, 3.05) is 39.6 Å². The molecule has 8 nitrogen and oxygen atoms in total. The first-order chi connectivity index (χ1) is 12.5. The van der Waals surface area contributed by atoms with E-state index >= 15 is 0 Å². The van der Waals surface area contributed by atoms with Gasteiger partial charge in [0.25, 0.3) is 5.91 Å². The fourth-order valence-corrected chi connectivity index (χ4v) is 2.21. The maximum atomic E-state index is 12.1. The number of hydrogen-bond donors (Lipinski definition) is 2. The number of hydrogen-bond acceptors (Lipinski definition) is 7. The van der Waals surface area contributed by atoms with Crippen LogP contribution >= 0.6 is 0 Å². The van der Waals surface area contributed by atoms with Gasteiger partial charge in [0.15, 0.2) is 0 Å². The smallest absolute Gasteiger partial charge is 0.339 e. The van der Waals surface area contributed by atoms with Gasteiger partial charge in [-0.2, -0.15) is 0 Å². The molecule has 1 heterocycles. The van der Waals surface area contributed by atoms with E-state index in [1.165, 1.54) is 19.5 Å². The van der Waals surface area contributed by atoms with Crippen LogP contribution in [-0.2, 0) is 4.74 Å². The molecule has 0 radical (unpaired) electrons. The van der Waals surface area contributed by atoms with Gasteiger partial charge in [0.05, 0.1) is 23.9 Å². The van der Waals surface area contributed by atoms with Crippen LogP contribution in [0.1, 0.15) is 27.1 Å². The summed E-state index contributed by atoms with van der Waals surface area (Å²) in [5.41, 5.74) is 1.28. The van der Waals surface area contributed by atoms with Crippen molar-refractivity contribution in [2.24, 2.45) is 0 Å². The number of esters is 1. The summed E-state index contributed by atoms with van der Waals surface area (Å²) in [6.45, 7) is 1.49. The number of carbonyl (C=O) groups excluding carboxylic acids is 2. The molecule has 26 heavy (non-hydrogen) atoms. The summed E-state index contributed by atoms with van der Waals surface area (Å²) in [4.78, 5) is 34.2. The Morgan fingerprint density at radius 1 is 1.15 bits per heavy atom. The molecule has 1 aromatic heterocycles. The number of carbonyl (C=O) groups is 2. The topological polar surface area (TPSA) is 96.4 Å². The number of para-hydroxylation sites is 1. The summed E-state index contributed by atoms with van der Waals surface area (Å²) in [6, 6.07) is 6.89. The molecule has 0 fully saturated rings. The highest BCUT2D eigenvalue weighted by molar-refractivity contribution is 5.96. The summed E-state index contributed by atoms with van der Waals surface area (Å²) in [7, 11) is 5.29. The largest absolute Gasteiger partial charge is 0.465 e. The van der Waals surface area contributed by atoms with Gasteiger partial charge in [-0.15, -0.1) is 0 Å². The second-order valence-electron chi connectivity index (χ2n) is 5.87. The zero-order chi connectivity index (χ0) is 18.9. The predicted molar refractivity (Wildman–Crippen MR) is 98.6 cm³/mol. The van der Waals surface area contributed by atoms with Crippen LogP contribution in [0, 0.1) is 0 Å². The Hall–Kier alpha value is -3.00. The van der Waals surface area contributed by atoms with E-state index in [-0.39, 0.29) is 11.9 Å². The molecule has 0 bridgehead atoms. The van der Waals surface area contributed by atoms with E-state index in [0.29, 0.717) is 23.4 Å². The van der Waals surface area contributed by atoms with E-state index < -0.39 is 5.97 Å². The molecule has 0 atom stereocenters. The maximum Gasteiger partial charge on any atom is 0.339 e. The van der Waals surface area contributed by atoms with Gasteiger partial charge in [0, 0.05) is 18.9 Å². The van der Waals surface area contributed by atoms with Gasteiger partial charge in [-0.05, 0) is 39.2 Å². The summed E-state index contributed by atoms with van der Waals surface area (Å²) >= 11 is 0. The Kier molecular flexibility index (Phi) is 7.04. The molecular weight excluding hydrogens is 334 g/mol. The number of amides is 1. The van der Waals surface area contributed by atoms with E-state index in [1.807, 2.05) is 14.1 Å². The number of methoxy groups -OCH3 is 1. The lowest BCUT2D eigenvalue weighted by molar-refractivity contribution is 0.0601. The summed E-state index contributed by atoms with van der Waals surface area (Å²) in [5, 5.41) is 5.79. The van der Waals surface area contributed by atoms with Crippen molar-refractivity contribution in [1.29, 1.82) is 0 Å². The first-order valence-corrected chi connectivity index (χ1v) is 8.20. The quantitative estimate of drug-likeness (QED) is 0.548. The zero-order valence-electron chi connectivity index (χ0n) is 15.2. The lowest BCUT2D eigenvalue weighted by Gasteiger charge is -2.10. The molecule has 2 N–H and O–H groups in total. The lowest BCUT2D eigenvalue weighted by atomic mass is 10.2. The standard InChI is InChI=1S/C18H23N5O3/c1-23(2)10-6-9-19-16(24)13-11-20-18(21-12-13)22-15-8-5-4-7-14(15)17(25)26-3/h4-5,7-8,11-12H,6,9-10H2,1-3H3,(H,19,24)(H,20,21,22). The maximum absolute atomic E-state index is 12.1. The normalized spacial score (nSPS) is 10.5. The van der Waals surface area contributed by atoms with Crippen LogP contribution in [0.15, 0.2) is 36.7 Å². The molecular formula is C18H23N5O3. The molecule has 0 aliphatic carbocycles. The fraction of sp³-hybridized carbons (Fsp3) is 0.333. The van der Waals surface area contributed by atoms with Crippen LogP contribution < -0.4 is 10.6 Å². The Morgan fingerprint density at radius 3 is 2.50 bits per heavy atom.